The van der Waals surface area contributed by atoms with Crippen LogP contribution in [-0.2, 0) is 19.4 Å². The van der Waals surface area contributed by atoms with Crippen LogP contribution < -0.4 is 0 Å². The molecule has 0 spiro atoms. The van der Waals surface area contributed by atoms with Crippen LogP contribution >= 0.6 is 11.5 Å². The predicted octanol–water partition coefficient (Wildman–Crippen LogP) is 1.71. The highest BCUT2D eigenvalue weighted by Crippen LogP contribution is 2.15. The highest BCUT2D eigenvalue weighted by Gasteiger charge is 2.21. The Labute approximate surface area is 121 Å². The lowest BCUT2D eigenvalue weighted by Crippen LogP contribution is -2.26. The molecular weight excluding hydrogens is 278 g/mol. The molecular formula is C12H17N5O2S. The summed E-state index contributed by atoms with van der Waals surface area (Å²) in [7, 11) is 1.71. The van der Waals surface area contributed by atoms with Crippen LogP contribution in [0.5, 0.6) is 0 Å². The van der Waals surface area contributed by atoms with E-state index >= 15 is 0 Å². The maximum atomic E-state index is 12.4. The number of rotatable bonds is 6. The Bertz CT molecular complexity index is 580. The van der Waals surface area contributed by atoms with Gasteiger partial charge in [-0.1, -0.05) is 29.9 Å². The number of amides is 1. The zero-order valence-corrected chi connectivity index (χ0v) is 12.6. The predicted molar refractivity (Wildman–Crippen MR) is 73.4 cm³/mol. The molecule has 8 heteroatoms. The summed E-state index contributed by atoms with van der Waals surface area (Å²) in [5.41, 5.74) is 0.761. The van der Waals surface area contributed by atoms with Gasteiger partial charge in [-0.15, -0.1) is 5.10 Å². The lowest BCUT2D eigenvalue weighted by Gasteiger charge is -2.13. The van der Waals surface area contributed by atoms with Crippen molar-refractivity contribution in [1.82, 2.24) is 24.6 Å². The average Bonchev–Trinajstić information content (AvgIpc) is 3.07. The Balaban J connectivity index is 2.06. The first-order valence-corrected chi connectivity index (χ1v) is 7.31. The van der Waals surface area contributed by atoms with E-state index in [-0.39, 0.29) is 5.91 Å². The van der Waals surface area contributed by atoms with Gasteiger partial charge >= 0.3 is 0 Å². The van der Waals surface area contributed by atoms with E-state index < -0.39 is 0 Å². The van der Waals surface area contributed by atoms with Gasteiger partial charge in [0.25, 0.3) is 5.91 Å². The fourth-order valence-electron chi connectivity index (χ4n) is 1.73. The van der Waals surface area contributed by atoms with E-state index in [1.54, 1.807) is 11.9 Å². The zero-order chi connectivity index (χ0) is 14.5. The standard InChI is InChI=1S/C12H17N5O2S/c1-4-6-8-11(20-16-14-8)12(18)17(3)7-9-13-10(5-2)19-15-9/h4-7H2,1-3H3. The molecule has 7 nitrogen and oxygen atoms in total. The van der Waals surface area contributed by atoms with Gasteiger partial charge in [-0.3, -0.25) is 4.79 Å². The van der Waals surface area contributed by atoms with Crippen LogP contribution in [0.25, 0.3) is 0 Å². The molecule has 0 unspecified atom stereocenters. The summed E-state index contributed by atoms with van der Waals surface area (Å²) < 4.78 is 8.89. The average molecular weight is 295 g/mol. The maximum absolute atomic E-state index is 12.4. The molecule has 20 heavy (non-hydrogen) atoms. The van der Waals surface area contributed by atoms with Gasteiger partial charge in [-0.25, -0.2) is 0 Å². The minimum absolute atomic E-state index is 0.105. The van der Waals surface area contributed by atoms with Gasteiger partial charge in [0.05, 0.1) is 12.2 Å². The summed E-state index contributed by atoms with van der Waals surface area (Å²) in [5, 5.41) is 7.85. The van der Waals surface area contributed by atoms with E-state index in [2.05, 4.69) is 19.7 Å². The molecule has 0 aliphatic carbocycles. The van der Waals surface area contributed by atoms with Gasteiger partial charge in [0, 0.05) is 13.5 Å². The van der Waals surface area contributed by atoms with Crippen molar-refractivity contribution in [2.45, 2.75) is 39.7 Å². The lowest BCUT2D eigenvalue weighted by atomic mass is 10.2. The molecule has 108 valence electrons. The summed E-state index contributed by atoms with van der Waals surface area (Å²) >= 11 is 1.13. The lowest BCUT2D eigenvalue weighted by molar-refractivity contribution is 0.0784. The molecule has 0 fully saturated rings. The molecule has 0 aromatic carbocycles. The highest BCUT2D eigenvalue weighted by atomic mass is 32.1. The van der Waals surface area contributed by atoms with Crippen molar-refractivity contribution in [3.8, 4) is 0 Å². The molecule has 2 aromatic heterocycles. The van der Waals surface area contributed by atoms with Crippen LogP contribution in [0.1, 0.15) is 47.3 Å². The topological polar surface area (TPSA) is 85.0 Å². The van der Waals surface area contributed by atoms with E-state index in [4.69, 9.17) is 4.52 Å². The number of carbonyl (C=O) groups is 1. The Hall–Kier alpha value is -1.83. The molecule has 2 rings (SSSR count). The third-order valence-electron chi connectivity index (χ3n) is 2.77. The van der Waals surface area contributed by atoms with Crippen molar-refractivity contribution < 1.29 is 9.32 Å². The fourth-order valence-corrected chi connectivity index (χ4v) is 2.43. The molecule has 0 saturated carbocycles. The third-order valence-corrected chi connectivity index (χ3v) is 3.53. The summed E-state index contributed by atoms with van der Waals surface area (Å²) in [4.78, 5) is 18.7. The van der Waals surface area contributed by atoms with Gasteiger partial charge in [-0.05, 0) is 18.0 Å². The van der Waals surface area contributed by atoms with Crippen LogP contribution in [0.15, 0.2) is 4.52 Å². The van der Waals surface area contributed by atoms with Gasteiger partial charge in [0.1, 0.15) is 4.88 Å². The second-order valence-electron chi connectivity index (χ2n) is 4.42. The van der Waals surface area contributed by atoms with Crippen LogP contribution in [0, 0.1) is 0 Å². The number of hydrogen-bond acceptors (Lipinski definition) is 7. The molecule has 0 aliphatic rings. The van der Waals surface area contributed by atoms with Crippen molar-refractivity contribution in [2.24, 2.45) is 0 Å². The molecule has 2 heterocycles. The molecule has 2 aromatic rings. The summed E-state index contributed by atoms with van der Waals surface area (Å²) in [6.45, 7) is 4.29. The van der Waals surface area contributed by atoms with E-state index in [1.165, 1.54) is 0 Å². The minimum atomic E-state index is -0.105. The highest BCUT2D eigenvalue weighted by molar-refractivity contribution is 7.07. The van der Waals surface area contributed by atoms with Crippen molar-refractivity contribution in [1.29, 1.82) is 0 Å². The largest absolute Gasteiger partial charge is 0.339 e. The second-order valence-corrected chi connectivity index (χ2v) is 5.17. The van der Waals surface area contributed by atoms with E-state index in [9.17, 15) is 4.79 Å². The van der Waals surface area contributed by atoms with E-state index in [1.807, 2.05) is 13.8 Å². The molecule has 0 bridgehead atoms. The second kappa shape index (κ2) is 6.56. The normalized spacial score (nSPS) is 10.8. The van der Waals surface area contributed by atoms with Crippen molar-refractivity contribution in [3.05, 3.63) is 22.3 Å². The number of aryl methyl sites for hydroxylation is 2. The molecule has 0 N–H and O–H groups in total. The molecule has 1 amide bonds. The summed E-state index contributed by atoms with van der Waals surface area (Å²) in [6.07, 6.45) is 2.37. The van der Waals surface area contributed by atoms with Crippen LogP contribution in [0.3, 0.4) is 0 Å². The number of nitrogens with zero attached hydrogens (tertiary/aromatic N) is 5. The van der Waals surface area contributed by atoms with Crippen LogP contribution in [0.4, 0.5) is 0 Å². The Morgan fingerprint density at radius 2 is 2.20 bits per heavy atom. The molecule has 0 saturated heterocycles. The molecule has 0 radical (unpaired) electrons. The van der Waals surface area contributed by atoms with Crippen LogP contribution in [-0.4, -0.2) is 37.6 Å². The number of aromatic nitrogens is 4. The monoisotopic (exact) mass is 295 g/mol. The minimum Gasteiger partial charge on any atom is -0.339 e. The van der Waals surface area contributed by atoms with Gasteiger partial charge < -0.3 is 9.42 Å². The Morgan fingerprint density at radius 1 is 1.40 bits per heavy atom. The fraction of sp³-hybridized carbons (Fsp3) is 0.583. The maximum Gasteiger partial charge on any atom is 0.267 e. The SMILES string of the molecule is CCCc1nnsc1C(=O)N(C)Cc1noc(CC)n1. The number of carbonyl (C=O) groups excluding carboxylic acids is 1. The van der Waals surface area contributed by atoms with E-state index in [0.717, 1.165) is 30.1 Å². The van der Waals surface area contributed by atoms with Gasteiger partial charge in [-0.2, -0.15) is 4.98 Å². The zero-order valence-electron chi connectivity index (χ0n) is 11.8. The summed E-state index contributed by atoms with van der Waals surface area (Å²) in [5.74, 6) is 0.977. The first-order valence-electron chi connectivity index (χ1n) is 6.53. The van der Waals surface area contributed by atoms with Crippen molar-refractivity contribution in [2.75, 3.05) is 7.05 Å². The van der Waals surface area contributed by atoms with E-state index in [0.29, 0.717) is 29.6 Å². The first kappa shape index (κ1) is 14.6. The Kier molecular flexibility index (Phi) is 4.78. The molecule has 0 aliphatic heterocycles. The smallest absolute Gasteiger partial charge is 0.267 e. The molecule has 0 atom stereocenters. The quantitative estimate of drug-likeness (QED) is 0.806. The first-order chi connectivity index (χ1) is 9.65. The Morgan fingerprint density at radius 3 is 2.85 bits per heavy atom. The summed E-state index contributed by atoms with van der Waals surface area (Å²) in [6, 6.07) is 0. The van der Waals surface area contributed by atoms with Crippen molar-refractivity contribution >= 4 is 17.4 Å². The third kappa shape index (κ3) is 3.19. The van der Waals surface area contributed by atoms with Crippen LogP contribution in [0.2, 0.25) is 0 Å². The van der Waals surface area contributed by atoms with Crippen molar-refractivity contribution in [3.63, 3.8) is 0 Å². The number of hydrogen-bond donors (Lipinski definition) is 0. The van der Waals surface area contributed by atoms with Gasteiger partial charge in [0.2, 0.25) is 5.89 Å². The van der Waals surface area contributed by atoms with Gasteiger partial charge in [0.15, 0.2) is 5.82 Å².